The Labute approximate surface area is 142 Å². The van der Waals surface area contributed by atoms with E-state index >= 15 is 0 Å². The average Bonchev–Trinajstić information content (AvgIpc) is 3.22. The van der Waals surface area contributed by atoms with Gasteiger partial charge in [-0.15, -0.1) is 0 Å². The molecule has 0 saturated carbocycles. The Morgan fingerprint density at radius 2 is 2.32 bits per heavy atom. The Morgan fingerprint density at radius 1 is 1.52 bits per heavy atom. The molecule has 0 aliphatic carbocycles. The summed E-state index contributed by atoms with van der Waals surface area (Å²) in [4.78, 5) is 21.8. The van der Waals surface area contributed by atoms with Crippen molar-refractivity contribution in [1.29, 1.82) is 0 Å². The number of hydrogen-bond donors (Lipinski definition) is 2. The van der Waals surface area contributed by atoms with Crippen molar-refractivity contribution in [2.24, 2.45) is 0 Å². The summed E-state index contributed by atoms with van der Waals surface area (Å²) in [5.74, 6) is 0.265. The third-order valence-corrected chi connectivity index (χ3v) is 5.05. The Morgan fingerprint density at radius 3 is 3.04 bits per heavy atom. The van der Waals surface area contributed by atoms with E-state index in [0.29, 0.717) is 11.2 Å². The van der Waals surface area contributed by atoms with E-state index in [1.807, 2.05) is 0 Å². The van der Waals surface area contributed by atoms with Gasteiger partial charge in [0.25, 0.3) is 0 Å². The van der Waals surface area contributed by atoms with Crippen molar-refractivity contribution in [2.75, 3.05) is 32.7 Å². The second kappa shape index (κ2) is 5.70. The molecule has 2 bridgehead atoms. The van der Waals surface area contributed by atoms with E-state index in [0.717, 1.165) is 6.66 Å². The fourth-order valence-corrected chi connectivity index (χ4v) is 3.81. The second-order valence-electron chi connectivity index (χ2n) is 6.16. The number of nitrogens with two attached hydrogens (primary N) is 1. The first-order valence-electron chi connectivity index (χ1n) is 7.55. The van der Waals surface area contributed by atoms with Crippen molar-refractivity contribution >= 4 is 24.6 Å². The van der Waals surface area contributed by atoms with Gasteiger partial charge in [-0.2, -0.15) is 0 Å². The largest absolute Gasteiger partial charge is 0.382 e. The van der Waals surface area contributed by atoms with Crippen LogP contribution in [0, 0.1) is 0 Å². The van der Waals surface area contributed by atoms with E-state index in [4.69, 9.17) is 24.5 Å². The molecule has 2 aromatic heterocycles. The fraction of sp³-hybridized carbons (Fsp3) is 0.615. The van der Waals surface area contributed by atoms with Crippen molar-refractivity contribution in [2.45, 2.75) is 24.0 Å². The number of fused-ring (bicyclic) bond motifs is 3. The van der Waals surface area contributed by atoms with E-state index in [-0.39, 0.29) is 19.0 Å². The van der Waals surface area contributed by atoms with E-state index < -0.39 is 31.6 Å². The topological polar surface area (TPSA) is 144 Å². The van der Waals surface area contributed by atoms with Crippen LogP contribution in [-0.2, 0) is 23.3 Å². The van der Waals surface area contributed by atoms with Crippen LogP contribution in [0.2, 0.25) is 0 Å². The van der Waals surface area contributed by atoms with E-state index in [9.17, 15) is 9.46 Å². The van der Waals surface area contributed by atoms with Crippen LogP contribution in [0.3, 0.4) is 0 Å². The molecule has 2 aliphatic rings. The number of anilines is 1. The number of imidazole rings is 1. The predicted molar refractivity (Wildman–Crippen MR) is 84.8 cm³/mol. The van der Waals surface area contributed by atoms with Crippen LogP contribution in [-0.4, -0.2) is 69.2 Å². The highest BCUT2D eigenvalue weighted by Gasteiger charge is 2.63. The average molecular weight is 371 g/mol. The molecule has 2 aliphatic heterocycles. The summed E-state index contributed by atoms with van der Waals surface area (Å²) in [7, 11) is -2.13. The fourth-order valence-electron chi connectivity index (χ4n) is 3.35. The van der Waals surface area contributed by atoms with Crippen molar-refractivity contribution in [3.63, 3.8) is 0 Å². The number of rotatable bonds is 5. The molecular formula is C13H18N5O6P. The number of nitrogen functional groups attached to an aromatic ring is 1. The van der Waals surface area contributed by atoms with Crippen molar-refractivity contribution in [1.82, 2.24) is 19.5 Å². The van der Waals surface area contributed by atoms with Gasteiger partial charge in [0.1, 0.15) is 29.7 Å². The molecule has 2 saturated heterocycles. The summed E-state index contributed by atoms with van der Waals surface area (Å²) in [5, 5.41) is 0. The molecule has 0 radical (unpaired) electrons. The van der Waals surface area contributed by atoms with Crippen molar-refractivity contribution in [3.8, 4) is 0 Å². The summed E-state index contributed by atoms with van der Waals surface area (Å²) in [5.41, 5.74) is 5.79. The number of hydrogen-bond acceptors (Lipinski definition) is 9. The molecular weight excluding hydrogens is 353 g/mol. The summed E-state index contributed by atoms with van der Waals surface area (Å²) in [6.07, 6.45) is 1.38. The van der Waals surface area contributed by atoms with Gasteiger partial charge < -0.3 is 29.4 Å². The van der Waals surface area contributed by atoms with Gasteiger partial charge in [-0.1, -0.05) is 0 Å². The van der Waals surface area contributed by atoms with Gasteiger partial charge in [-0.25, -0.2) is 15.0 Å². The van der Waals surface area contributed by atoms with E-state index in [1.165, 1.54) is 13.4 Å². The lowest BCUT2D eigenvalue weighted by Gasteiger charge is -2.31. The molecule has 5 atom stereocenters. The summed E-state index contributed by atoms with van der Waals surface area (Å²) >= 11 is 0. The minimum absolute atomic E-state index is 0.132. The molecule has 4 rings (SSSR count). The Bertz CT molecular complexity index is 855. The molecule has 2 fully saturated rings. The normalized spacial score (nSPS) is 33.8. The maximum atomic E-state index is 11.5. The summed E-state index contributed by atoms with van der Waals surface area (Å²) in [6.45, 7) is 1.18. The summed E-state index contributed by atoms with van der Waals surface area (Å²) in [6, 6.07) is 0. The molecule has 11 nitrogen and oxygen atoms in total. The number of ether oxygens (including phenoxy) is 3. The van der Waals surface area contributed by atoms with Gasteiger partial charge in [-0.05, 0) is 0 Å². The highest BCUT2D eigenvalue weighted by atomic mass is 31.2. The van der Waals surface area contributed by atoms with Crippen LogP contribution < -0.4 is 5.73 Å². The molecule has 3 unspecified atom stereocenters. The van der Waals surface area contributed by atoms with Gasteiger partial charge >= 0.3 is 7.60 Å². The predicted octanol–water partition coefficient (Wildman–Crippen LogP) is -0.0783. The first kappa shape index (κ1) is 16.8. The molecule has 0 aromatic carbocycles. The SMILES string of the molecule is COC1C2OC[C@]1(COP(C)(=O)O)O[C@H]2n1cnc2c(N)ncnc21. The van der Waals surface area contributed by atoms with Crippen LogP contribution in [0.1, 0.15) is 6.23 Å². The minimum Gasteiger partial charge on any atom is -0.382 e. The molecule has 3 N–H and O–H groups in total. The Hall–Kier alpha value is -1.62. The lowest BCUT2D eigenvalue weighted by molar-refractivity contribution is -0.183. The van der Waals surface area contributed by atoms with Crippen LogP contribution in [0.25, 0.3) is 11.2 Å². The van der Waals surface area contributed by atoms with Crippen molar-refractivity contribution < 1.29 is 28.2 Å². The molecule has 0 amide bonds. The smallest absolute Gasteiger partial charge is 0.325 e. The summed E-state index contributed by atoms with van der Waals surface area (Å²) < 4.78 is 35.8. The van der Waals surface area contributed by atoms with Crippen LogP contribution >= 0.6 is 7.60 Å². The maximum absolute atomic E-state index is 11.5. The zero-order valence-corrected chi connectivity index (χ0v) is 14.5. The highest BCUT2D eigenvalue weighted by molar-refractivity contribution is 7.51. The molecule has 12 heteroatoms. The van der Waals surface area contributed by atoms with E-state index in [2.05, 4.69) is 15.0 Å². The molecule has 25 heavy (non-hydrogen) atoms. The van der Waals surface area contributed by atoms with Crippen LogP contribution in [0.5, 0.6) is 0 Å². The number of aromatic nitrogens is 4. The Kier molecular flexibility index (Phi) is 3.83. The first-order valence-corrected chi connectivity index (χ1v) is 9.57. The third-order valence-electron chi connectivity index (χ3n) is 4.44. The lowest BCUT2D eigenvalue weighted by atomic mass is 10.0. The van der Waals surface area contributed by atoms with Crippen LogP contribution in [0.15, 0.2) is 12.7 Å². The second-order valence-corrected chi connectivity index (χ2v) is 8.03. The third kappa shape index (κ3) is 2.64. The molecule has 0 spiro atoms. The van der Waals surface area contributed by atoms with Gasteiger partial charge in [0, 0.05) is 13.8 Å². The van der Waals surface area contributed by atoms with Crippen molar-refractivity contribution in [3.05, 3.63) is 12.7 Å². The minimum atomic E-state index is -3.67. The Balaban J connectivity index is 1.68. The quantitative estimate of drug-likeness (QED) is 0.685. The van der Waals surface area contributed by atoms with Gasteiger partial charge in [0.15, 0.2) is 17.7 Å². The van der Waals surface area contributed by atoms with E-state index in [1.54, 1.807) is 10.9 Å². The van der Waals surface area contributed by atoms with Crippen LogP contribution in [0.4, 0.5) is 5.82 Å². The maximum Gasteiger partial charge on any atom is 0.325 e. The van der Waals surface area contributed by atoms with Gasteiger partial charge in [0.05, 0.1) is 19.5 Å². The number of methoxy groups -OCH3 is 1. The molecule has 4 heterocycles. The van der Waals surface area contributed by atoms with Gasteiger partial charge in [-0.3, -0.25) is 9.13 Å². The zero-order chi connectivity index (χ0) is 17.8. The standard InChI is InChI=1S/C13H18N5O6P/c1-21-9-8-12(18-6-17-7-10(14)15-5-16-11(7)18)24-13(9,3-22-8)4-23-25(2,19)20/h5-6,8-9,12H,3-4H2,1-2H3,(H,19,20)(H2,14,15,16)/t8?,9?,12-,13-/m1/s1. The molecule has 2 aromatic rings. The first-order chi connectivity index (χ1) is 11.8. The lowest BCUT2D eigenvalue weighted by Crippen LogP contribution is -2.45. The monoisotopic (exact) mass is 371 g/mol. The number of nitrogens with zero attached hydrogens (tertiary/aromatic N) is 4. The van der Waals surface area contributed by atoms with Gasteiger partial charge in [0.2, 0.25) is 0 Å². The zero-order valence-electron chi connectivity index (χ0n) is 13.6. The molecule has 136 valence electrons. The highest BCUT2D eigenvalue weighted by Crippen LogP contribution is 2.49.